The van der Waals surface area contributed by atoms with Crippen LogP contribution >= 0.6 is 22.9 Å². The van der Waals surface area contributed by atoms with E-state index >= 15 is 0 Å². The Hall–Kier alpha value is -1.34. The molecule has 5 nitrogen and oxygen atoms in total. The molecule has 1 aliphatic carbocycles. The lowest BCUT2D eigenvalue weighted by Crippen LogP contribution is -2.11. The number of hydrogen-bond donors (Lipinski definition) is 1. The SMILES string of the molecule is Cc1nc(C(=O)Nc2nc(CC3CC3)ns2)sc1C. The van der Waals surface area contributed by atoms with Crippen molar-refractivity contribution < 1.29 is 4.79 Å². The highest BCUT2D eigenvalue weighted by Crippen LogP contribution is 2.32. The first-order chi connectivity index (χ1) is 9.11. The third kappa shape index (κ3) is 2.98. The van der Waals surface area contributed by atoms with Crippen LogP contribution in [-0.4, -0.2) is 20.2 Å². The molecule has 19 heavy (non-hydrogen) atoms. The number of thiazole rings is 1. The van der Waals surface area contributed by atoms with E-state index in [9.17, 15) is 4.79 Å². The number of aromatic nitrogens is 3. The Bertz CT molecular complexity index is 596. The van der Waals surface area contributed by atoms with E-state index in [0.717, 1.165) is 28.7 Å². The van der Waals surface area contributed by atoms with Gasteiger partial charge in [0, 0.05) is 22.8 Å². The van der Waals surface area contributed by atoms with Crippen LogP contribution in [0, 0.1) is 19.8 Å². The van der Waals surface area contributed by atoms with Gasteiger partial charge < -0.3 is 0 Å². The molecule has 100 valence electrons. The predicted molar refractivity (Wildman–Crippen MR) is 75.9 cm³/mol. The third-order valence-corrected chi connectivity index (χ3v) is 4.82. The molecular weight excluding hydrogens is 280 g/mol. The van der Waals surface area contributed by atoms with Gasteiger partial charge in [-0.2, -0.15) is 4.37 Å². The molecule has 0 aliphatic heterocycles. The fourth-order valence-electron chi connectivity index (χ4n) is 1.69. The maximum Gasteiger partial charge on any atom is 0.286 e. The Morgan fingerprint density at radius 2 is 2.16 bits per heavy atom. The standard InChI is InChI=1S/C12H14N4OS2/c1-6-7(2)18-11(13-6)10(17)15-12-14-9(16-19-12)5-8-3-4-8/h8H,3-5H2,1-2H3,(H,14,15,16,17). The molecule has 7 heteroatoms. The molecule has 0 aromatic carbocycles. The van der Waals surface area contributed by atoms with Crippen LogP contribution in [-0.2, 0) is 6.42 Å². The van der Waals surface area contributed by atoms with Crippen LogP contribution in [0.4, 0.5) is 5.13 Å². The molecule has 2 aromatic heterocycles. The van der Waals surface area contributed by atoms with Crippen LogP contribution < -0.4 is 5.32 Å². The van der Waals surface area contributed by atoms with Gasteiger partial charge in [0.15, 0.2) is 5.01 Å². The van der Waals surface area contributed by atoms with Gasteiger partial charge in [-0.3, -0.25) is 10.1 Å². The Kier molecular flexibility index (Phi) is 3.32. The zero-order valence-electron chi connectivity index (χ0n) is 10.8. The summed E-state index contributed by atoms with van der Waals surface area (Å²) in [4.78, 5) is 21.6. The van der Waals surface area contributed by atoms with Crippen LogP contribution in [0.3, 0.4) is 0 Å². The number of carbonyl (C=O) groups excluding carboxylic acids is 1. The second kappa shape index (κ2) is 4.97. The van der Waals surface area contributed by atoms with Gasteiger partial charge in [-0.25, -0.2) is 9.97 Å². The van der Waals surface area contributed by atoms with Crippen molar-refractivity contribution in [1.82, 2.24) is 14.3 Å². The average molecular weight is 294 g/mol. The Balaban J connectivity index is 1.66. The van der Waals surface area contributed by atoms with Gasteiger partial charge in [0.2, 0.25) is 5.13 Å². The lowest BCUT2D eigenvalue weighted by molar-refractivity contribution is 0.102. The molecule has 1 amide bonds. The number of nitrogens with one attached hydrogen (secondary N) is 1. The van der Waals surface area contributed by atoms with Gasteiger partial charge in [0.1, 0.15) is 5.82 Å². The first-order valence-corrected chi connectivity index (χ1v) is 7.79. The number of aryl methyl sites for hydroxylation is 2. The molecule has 0 radical (unpaired) electrons. The van der Waals surface area contributed by atoms with E-state index in [2.05, 4.69) is 19.7 Å². The van der Waals surface area contributed by atoms with E-state index in [1.807, 2.05) is 13.8 Å². The molecule has 1 N–H and O–H groups in total. The van der Waals surface area contributed by atoms with E-state index in [4.69, 9.17) is 0 Å². The summed E-state index contributed by atoms with van der Waals surface area (Å²) in [5, 5.41) is 3.81. The largest absolute Gasteiger partial charge is 0.295 e. The lowest BCUT2D eigenvalue weighted by atomic mass is 10.3. The van der Waals surface area contributed by atoms with Gasteiger partial charge in [-0.05, 0) is 32.6 Å². The highest BCUT2D eigenvalue weighted by Gasteiger charge is 2.24. The Labute approximate surface area is 119 Å². The number of hydrogen-bond acceptors (Lipinski definition) is 6. The predicted octanol–water partition coefficient (Wildman–Crippen LogP) is 2.82. The second-order valence-corrected chi connectivity index (χ2v) is 6.73. The van der Waals surface area contributed by atoms with Crippen molar-refractivity contribution in [3.63, 3.8) is 0 Å². The topological polar surface area (TPSA) is 67.8 Å². The number of anilines is 1. The molecular formula is C12H14N4OS2. The van der Waals surface area contributed by atoms with Crippen molar-refractivity contribution in [3.8, 4) is 0 Å². The molecule has 3 rings (SSSR count). The van der Waals surface area contributed by atoms with Gasteiger partial charge in [0.05, 0.1) is 5.69 Å². The number of carbonyl (C=O) groups is 1. The molecule has 0 unspecified atom stereocenters. The first-order valence-electron chi connectivity index (χ1n) is 6.20. The molecule has 0 spiro atoms. The maximum absolute atomic E-state index is 12.0. The summed E-state index contributed by atoms with van der Waals surface area (Å²) < 4.78 is 4.26. The molecule has 0 bridgehead atoms. The highest BCUT2D eigenvalue weighted by atomic mass is 32.1. The van der Waals surface area contributed by atoms with Crippen molar-refractivity contribution in [2.24, 2.45) is 5.92 Å². The van der Waals surface area contributed by atoms with E-state index in [1.165, 1.54) is 35.7 Å². The van der Waals surface area contributed by atoms with Crippen LogP contribution in [0.5, 0.6) is 0 Å². The lowest BCUT2D eigenvalue weighted by Gasteiger charge is -1.95. The molecule has 1 aliphatic rings. The first kappa shape index (κ1) is 12.7. The van der Waals surface area contributed by atoms with Crippen molar-refractivity contribution in [2.75, 3.05) is 5.32 Å². The van der Waals surface area contributed by atoms with Gasteiger partial charge in [0.25, 0.3) is 5.91 Å². The molecule has 2 heterocycles. The molecule has 2 aromatic rings. The summed E-state index contributed by atoms with van der Waals surface area (Å²) in [6.45, 7) is 3.86. The van der Waals surface area contributed by atoms with Crippen molar-refractivity contribution in [1.29, 1.82) is 0 Å². The summed E-state index contributed by atoms with van der Waals surface area (Å²) in [5.41, 5.74) is 0.904. The molecule has 0 saturated heterocycles. The quantitative estimate of drug-likeness (QED) is 0.941. The Morgan fingerprint density at radius 3 is 2.79 bits per heavy atom. The zero-order valence-corrected chi connectivity index (χ0v) is 12.4. The minimum atomic E-state index is -0.199. The van der Waals surface area contributed by atoms with Crippen LogP contribution in [0.15, 0.2) is 0 Å². The number of nitrogens with zero attached hydrogens (tertiary/aromatic N) is 3. The summed E-state index contributed by atoms with van der Waals surface area (Å²) in [7, 11) is 0. The molecule has 1 fully saturated rings. The van der Waals surface area contributed by atoms with E-state index in [1.54, 1.807) is 0 Å². The summed E-state index contributed by atoms with van der Waals surface area (Å²) in [6.07, 6.45) is 3.49. The fraction of sp³-hybridized carbons (Fsp3) is 0.500. The van der Waals surface area contributed by atoms with Gasteiger partial charge >= 0.3 is 0 Å². The fourth-order valence-corrected chi connectivity index (χ4v) is 3.09. The second-order valence-electron chi connectivity index (χ2n) is 4.78. The summed E-state index contributed by atoms with van der Waals surface area (Å²) in [5.74, 6) is 1.40. The number of rotatable bonds is 4. The van der Waals surface area contributed by atoms with Crippen molar-refractivity contribution >= 4 is 33.9 Å². The Morgan fingerprint density at radius 1 is 1.37 bits per heavy atom. The monoisotopic (exact) mass is 294 g/mol. The van der Waals surface area contributed by atoms with Crippen molar-refractivity contribution in [3.05, 3.63) is 21.4 Å². The van der Waals surface area contributed by atoms with E-state index in [0.29, 0.717) is 10.1 Å². The maximum atomic E-state index is 12.0. The van der Waals surface area contributed by atoms with Gasteiger partial charge in [-0.1, -0.05) is 0 Å². The third-order valence-electron chi connectivity index (χ3n) is 3.08. The normalized spacial score (nSPS) is 14.6. The highest BCUT2D eigenvalue weighted by molar-refractivity contribution is 7.14. The van der Waals surface area contributed by atoms with Crippen molar-refractivity contribution in [2.45, 2.75) is 33.1 Å². The summed E-state index contributed by atoms with van der Waals surface area (Å²) >= 11 is 2.64. The smallest absolute Gasteiger partial charge is 0.286 e. The van der Waals surface area contributed by atoms with Crippen LogP contribution in [0.2, 0.25) is 0 Å². The van der Waals surface area contributed by atoms with E-state index in [-0.39, 0.29) is 5.91 Å². The van der Waals surface area contributed by atoms with Crippen LogP contribution in [0.25, 0.3) is 0 Å². The molecule has 1 saturated carbocycles. The minimum absolute atomic E-state index is 0.199. The molecule has 0 atom stereocenters. The summed E-state index contributed by atoms with van der Waals surface area (Å²) in [6, 6.07) is 0. The zero-order chi connectivity index (χ0) is 13.4. The minimum Gasteiger partial charge on any atom is -0.295 e. The van der Waals surface area contributed by atoms with Gasteiger partial charge in [-0.15, -0.1) is 11.3 Å². The van der Waals surface area contributed by atoms with E-state index < -0.39 is 0 Å². The number of amides is 1. The van der Waals surface area contributed by atoms with Crippen LogP contribution in [0.1, 0.15) is 39.0 Å². The average Bonchev–Trinajstić information content (AvgIpc) is 2.97.